The van der Waals surface area contributed by atoms with E-state index >= 15 is 0 Å². The highest BCUT2D eigenvalue weighted by Gasteiger charge is 2.06. The lowest BCUT2D eigenvalue weighted by atomic mass is 10.0. The molecule has 0 aliphatic heterocycles. The Morgan fingerprint density at radius 3 is 2.67 bits per heavy atom. The van der Waals surface area contributed by atoms with Crippen LogP contribution in [0.5, 0.6) is 0 Å². The quantitative estimate of drug-likeness (QED) is 0.717. The third-order valence-corrected chi connectivity index (χ3v) is 2.23. The highest BCUT2D eigenvalue weighted by molar-refractivity contribution is 6.17. The Hall–Kier alpha value is -0.530. The molecule has 66 valence electrons. The molecule has 1 rings (SSSR count). The van der Waals surface area contributed by atoms with Gasteiger partial charge in [-0.1, -0.05) is 24.3 Å². The Morgan fingerprint density at radius 2 is 2.08 bits per heavy atom. The summed E-state index contributed by atoms with van der Waals surface area (Å²) in [6.45, 7) is 2.07. The molecule has 0 aromatic heterocycles. The lowest BCUT2D eigenvalue weighted by molar-refractivity contribution is 0.698. The van der Waals surface area contributed by atoms with Gasteiger partial charge in [-0.25, -0.2) is 0 Å². The van der Waals surface area contributed by atoms with Crippen molar-refractivity contribution in [2.75, 3.05) is 5.88 Å². The second-order valence-electron chi connectivity index (χ2n) is 2.94. The fraction of sp³-hybridized carbons (Fsp3) is 0.400. The predicted octanol–water partition coefficient (Wildman–Crippen LogP) is 2.62. The predicted molar refractivity (Wildman–Crippen MR) is 53.4 cm³/mol. The van der Waals surface area contributed by atoms with Crippen LogP contribution in [0.25, 0.3) is 0 Å². The van der Waals surface area contributed by atoms with Crippen LogP contribution in [0.15, 0.2) is 24.3 Å². The summed E-state index contributed by atoms with van der Waals surface area (Å²) in [7, 11) is 0. The van der Waals surface area contributed by atoms with Crippen molar-refractivity contribution >= 4 is 11.6 Å². The van der Waals surface area contributed by atoms with Gasteiger partial charge < -0.3 is 5.73 Å². The van der Waals surface area contributed by atoms with E-state index in [1.807, 2.05) is 12.1 Å². The van der Waals surface area contributed by atoms with Crippen molar-refractivity contribution in [2.45, 2.75) is 19.4 Å². The number of nitrogens with two attached hydrogens (primary N) is 1. The van der Waals surface area contributed by atoms with Gasteiger partial charge in [-0.3, -0.25) is 0 Å². The highest BCUT2D eigenvalue weighted by atomic mass is 35.5. The minimum Gasteiger partial charge on any atom is -0.324 e. The molecule has 0 spiro atoms. The van der Waals surface area contributed by atoms with Crippen molar-refractivity contribution < 1.29 is 0 Å². The van der Waals surface area contributed by atoms with Gasteiger partial charge in [0.2, 0.25) is 0 Å². The van der Waals surface area contributed by atoms with Gasteiger partial charge in [-0.15, -0.1) is 11.6 Å². The van der Waals surface area contributed by atoms with Gasteiger partial charge in [0.05, 0.1) is 0 Å². The first-order valence-corrected chi connectivity index (χ1v) is 4.66. The SMILES string of the molecule is Cc1ccccc1C(N)CCCl. The lowest BCUT2D eigenvalue weighted by Crippen LogP contribution is -2.11. The molecule has 2 heteroatoms. The van der Waals surface area contributed by atoms with E-state index in [2.05, 4.69) is 19.1 Å². The first-order valence-electron chi connectivity index (χ1n) is 4.12. The number of rotatable bonds is 3. The van der Waals surface area contributed by atoms with E-state index in [-0.39, 0.29) is 6.04 Å². The monoisotopic (exact) mass is 183 g/mol. The molecule has 12 heavy (non-hydrogen) atoms. The third kappa shape index (κ3) is 2.23. The molecule has 1 nitrogen and oxygen atoms in total. The first kappa shape index (κ1) is 9.56. The van der Waals surface area contributed by atoms with Crippen LogP contribution >= 0.6 is 11.6 Å². The van der Waals surface area contributed by atoms with Crippen molar-refractivity contribution in [3.63, 3.8) is 0 Å². The Kier molecular flexibility index (Phi) is 3.57. The zero-order chi connectivity index (χ0) is 8.97. The summed E-state index contributed by atoms with van der Waals surface area (Å²) in [5, 5.41) is 0. The maximum Gasteiger partial charge on any atom is 0.0308 e. The number of benzene rings is 1. The Bertz CT molecular complexity index is 247. The largest absolute Gasteiger partial charge is 0.324 e. The van der Waals surface area contributed by atoms with Crippen molar-refractivity contribution in [3.05, 3.63) is 35.4 Å². The summed E-state index contributed by atoms with van der Waals surface area (Å²) in [5.41, 5.74) is 8.37. The van der Waals surface area contributed by atoms with Crippen molar-refractivity contribution in [3.8, 4) is 0 Å². The molecule has 1 aromatic carbocycles. The van der Waals surface area contributed by atoms with E-state index in [0.717, 1.165) is 6.42 Å². The molecule has 0 aliphatic rings. The van der Waals surface area contributed by atoms with E-state index in [1.54, 1.807) is 0 Å². The van der Waals surface area contributed by atoms with E-state index in [9.17, 15) is 0 Å². The lowest BCUT2D eigenvalue weighted by Gasteiger charge is -2.12. The van der Waals surface area contributed by atoms with E-state index in [0.29, 0.717) is 5.88 Å². The number of hydrogen-bond acceptors (Lipinski definition) is 1. The molecule has 1 unspecified atom stereocenters. The zero-order valence-electron chi connectivity index (χ0n) is 7.26. The Labute approximate surface area is 78.5 Å². The zero-order valence-corrected chi connectivity index (χ0v) is 8.01. The maximum atomic E-state index is 5.92. The topological polar surface area (TPSA) is 26.0 Å². The van der Waals surface area contributed by atoms with Gasteiger partial charge in [-0.2, -0.15) is 0 Å². The van der Waals surface area contributed by atoms with E-state index in [4.69, 9.17) is 17.3 Å². The fourth-order valence-electron chi connectivity index (χ4n) is 1.28. The van der Waals surface area contributed by atoms with Gasteiger partial charge in [0.15, 0.2) is 0 Å². The van der Waals surface area contributed by atoms with Crippen LogP contribution in [0.2, 0.25) is 0 Å². The van der Waals surface area contributed by atoms with Gasteiger partial charge in [0.25, 0.3) is 0 Å². The summed E-state index contributed by atoms with van der Waals surface area (Å²) >= 11 is 5.62. The molecule has 0 radical (unpaired) electrons. The molecule has 1 aromatic rings. The first-order chi connectivity index (χ1) is 5.75. The van der Waals surface area contributed by atoms with Crippen LogP contribution in [-0.2, 0) is 0 Å². The molecule has 0 saturated heterocycles. The standard InChI is InChI=1S/C10H14ClN/c1-8-4-2-3-5-9(8)10(12)6-7-11/h2-5,10H,6-7,12H2,1H3. The normalized spacial score (nSPS) is 12.9. The molecular weight excluding hydrogens is 170 g/mol. The van der Waals surface area contributed by atoms with Gasteiger partial charge in [0.1, 0.15) is 0 Å². The number of alkyl halides is 1. The second kappa shape index (κ2) is 4.48. The molecule has 1 atom stereocenters. The Balaban J connectivity index is 2.79. The van der Waals surface area contributed by atoms with Gasteiger partial charge >= 0.3 is 0 Å². The Morgan fingerprint density at radius 1 is 1.42 bits per heavy atom. The molecule has 0 aliphatic carbocycles. The summed E-state index contributed by atoms with van der Waals surface area (Å²) < 4.78 is 0. The maximum absolute atomic E-state index is 5.92. The molecule has 2 N–H and O–H groups in total. The molecular formula is C10H14ClN. The highest BCUT2D eigenvalue weighted by Crippen LogP contribution is 2.17. The number of hydrogen-bond donors (Lipinski definition) is 1. The molecule has 0 heterocycles. The van der Waals surface area contributed by atoms with Crippen LogP contribution in [0.4, 0.5) is 0 Å². The summed E-state index contributed by atoms with van der Waals surface area (Å²) in [6, 6.07) is 8.25. The number of aryl methyl sites for hydroxylation is 1. The van der Waals surface area contributed by atoms with Gasteiger partial charge in [-0.05, 0) is 24.5 Å². The average molecular weight is 184 g/mol. The van der Waals surface area contributed by atoms with Crippen LogP contribution in [0.1, 0.15) is 23.6 Å². The van der Waals surface area contributed by atoms with Gasteiger partial charge in [0, 0.05) is 11.9 Å². The van der Waals surface area contributed by atoms with Crippen LogP contribution in [-0.4, -0.2) is 5.88 Å². The minimum absolute atomic E-state index is 0.0868. The van der Waals surface area contributed by atoms with Crippen LogP contribution in [0.3, 0.4) is 0 Å². The summed E-state index contributed by atoms with van der Waals surface area (Å²) in [5.74, 6) is 0.621. The fourth-order valence-corrected chi connectivity index (χ4v) is 1.51. The van der Waals surface area contributed by atoms with E-state index < -0.39 is 0 Å². The molecule has 0 amide bonds. The summed E-state index contributed by atoms with van der Waals surface area (Å²) in [4.78, 5) is 0. The van der Waals surface area contributed by atoms with Crippen molar-refractivity contribution in [1.82, 2.24) is 0 Å². The third-order valence-electron chi connectivity index (χ3n) is 2.01. The van der Waals surface area contributed by atoms with Crippen LogP contribution in [0, 0.1) is 6.92 Å². The molecule has 0 fully saturated rings. The molecule has 0 bridgehead atoms. The average Bonchev–Trinajstić information content (AvgIpc) is 2.05. The number of halogens is 1. The summed E-state index contributed by atoms with van der Waals surface area (Å²) in [6.07, 6.45) is 0.840. The van der Waals surface area contributed by atoms with Crippen molar-refractivity contribution in [2.24, 2.45) is 5.73 Å². The van der Waals surface area contributed by atoms with Crippen molar-refractivity contribution in [1.29, 1.82) is 0 Å². The smallest absolute Gasteiger partial charge is 0.0308 e. The molecule has 0 saturated carbocycles. The van der Waals surface area contributed by atoms with Crippen LogP contribution < -0.4 is 5.73 Å². The van der Waals surface area contributed by atoms with E-state index in [1.165, 1.54) is 11.1 Å². The minimum atomic E-state index is 0.0868. The second-order valence-corrected chi connectivity index (χ2v) is 3.32.